The Kier molecular flexibility index (Phi) is 9.55. The average Bonchev–Trinajstić information content (AvgIpc) is 3.72. The van der Waals surface area contributed by atoms with Crippen LogP contribution in [0.15, 0.2) is 42.5 Å². The maximum absolute atomic E-state index is 14.9. The van der Waals surface area contributed by atoms with Gasteiger partial charge in [0, 0.05) is 25.6 Å². The van der Waals surface area contributed by atoms with Gasteiger partial charge in [-0.3, -0.25) is 24.0 Å². The Morgan fingerprint density at radius 2 is 1.80 bits per heavy atom. The number of hydrogen-bond acceptors (Lipinski definition) is 6. The second-order valence-electron chi connectivity index (χ2n) is 11.6. The largest absolute Gasteiger partial charge is 0.481 e. The van der Waals surface area contributed by atoms with Crippen molar-refractivity contribution in [3.63, 3.8) is 0 Å². The first-order valence-corrected chi connectivity index (χ1v) is 15.0. The highest BCUT2D eigenvalue weighted by Gasteiger charge is 2.50. The van der Waals surface area contributed by atoms with E-state index in [-0.39, 0.29) is 36.5 Å². The molecule has 5 rings (SSSR count). The van der Waals surface area contributed by atoms with Crippen LogP contribution in [0.2, 0.25) is 0 Å². The van der Waals surface area contributed by atoms with Crippen LogP contribution in [-0.2, 0) is 24.0 Å². The predicted molar refractivity (Wildman–Crippen MR) is 155 cm³/mol. The molecule has 234 valence electrons. The van der Waals surface area contributed by atoms with Crippen molar-refractivity contribution >= 4 is 29.4 Å². The van der Waals surface area contributed by atoms with Gasteiger partial charge in [0.1, 0.15) is 11.9 Å². The molecule has 5 atom stereocenters. The van der Waals surface area contributed by atoms with Crippen LogP contribution in [0, 0.1) is 29.4 Å². The molecule has 3 N–H and O–H groups in total. The van der Waals surface area contributed by atoms with Crippen molar-refractivity contribution in [2.75, 3.05) is 26.2 Å². The third kappa shape index (κ3) is 6.74. The molecule has 1 saturated carbocycles. The van der Waals surface area contributed by atoms with E-state index in [9.17, 15) is 32.8 Å². The lowest BCUT2D eigenvalue weighted by molar-refractivity contribution is -0.143. The van der Waals surface area contributed by atoms with Crippen molar-refractivity contribution in [2.45, 2.75) is 51.1 Å². The van der Waals surface area contributed by atoms with Crippen LogP contribution < -0.4 is 20.7 Å². The van der Waals surface area contributed by atoms with Crippen LogP contribution in [-0.4, -0.2) is 72.6 Å². The topological polar surface area (TPSA) is 134 Å². The molecule has 0 spiro atoms. The molecule has 2 aromatic carbocycles. The molecule has 0 unspecified atom stereocenters. The lowest BCUT2D eigenvalue weighted by Crippen LogP contribution is -2.55. The molecule has 12 heteroatoms. The first-order valence-electron chi connectivity index (χ1n) is 15.0. The Morgan fingerprint density at radius 1 is 1.05 bits per heavy atom. The molecule has 4 amide bonds. The molecule has 0 aromatic heterocycles. The van der Waals surface area contributed by atoms with Gasteiger partial charge in [0.2, 0.25) is 17.6 Å². The molecule has 2 heterocycles. The van der Waals surface area contributed by atoms with Crippen LogP contribution in [0.1, 0.15) is 39.0 Å². The number of ketones is 1. The highest BCUT2D eigenvalue weighted by atomic mass is 19.1. The van der Waals surface area contributed by atoms with Crippen LogP contribution >= 0.6 is 0 Å². The first kappa shape index (κ1) is 31.1. The third-order valence-corrected chi connectivity index (χ3v) is 8.82. The minimum Gasteiger partial charge on any atom is -0.481 e. The summed E-state index contributed by atoms with van der Waals surface area (Å²) >= 11 is 0. The normalized spacial score (nSPS) is 23.1. The van der Waals surface area contributed by atoms with Gasteiger partial charge in [-0.05, 0) is 79.8 Å². The summed E-state index contributed by atoms with van der Waals surface area (Å²) < 4.78 is 33.7. The SMILES string of the molecule is CCNC(=O)C(=O)[C@H](C[C@@H]1CCNC1=O)NC(=O)[C@@H]1[C@H]2CCC[C@H]2CN1C(=O)COc1ccc(-c2ccc(F)cc2)cc1F. The van der Waals surface area contributed by atoms with E-state index in [0.717, 1.165) is 12.8 Å². The van der Waals surface area contributed by atoms with E-state index in [1.165, 1.54) is 41.3 Å². The molecule has 0 bridgehead atoms. The number of nitrogens with one attached hydrogen (secondary N) is 3. The summed E-state index contributed by atoms with van der Waals surface area (Å²) in [5.74, 6) is -4.85. The second-order valence-corrected chi connectivity index (χ2v) is 11.6. The molecule has 2 aromatic rings. The molecule has 44 heavy (non-hydrogen) atoms. The number of Topliss-reactive ketones (excluding diaryl/α,β-unsaturated/α-hetero) is 1. The minimum absolute atomic E-state index is 0.0292. The lowest BCUT2D eigenvalue weighted by Gasteiger charge is -2.29. The van der Waals surface area contributed by atoms with Gasteiger partial charge in [-0.1, -0.05) is 24.6 Å². The zero-order valence-corrected chi connectivity index (χ0v) is 24.4. The number of nitrogens with zero attached hydrogens (tertiary/aromatic N) is 1. The van der Waals surface area contributed by atoms with E-state index in [1.807, 2.05) is 0 Å². The summed E-state index contributed by atoms with van der Waals surface area (Å²) in [5.41, 5.74) is 1.12. The van der Waals surface area contributed by atoms with Crippen LogP contribution in [0.5, 0.6) is 5.75 Å². The summed E-state index contributed by atoms with van der Waals surface area (Å²) in [6.07, 6.45) is 2.89. The average molecular weight is 611 g/mol. The number of carbonyl (C=O) groups excluding carboxylic acids is 5. The number of fused-ring (bicyclic) bond motifs is 1. The standard InChI is InChI=1S/C32H36F2N4O6/c1-2-35-32(43)29(40)25(15-20-12-13-36-30(20)41)37-31(42)28-23-5-3-4-21(23)16-38(28)27(39)17-44-26-11-8-19(14-24(26)34)18-6-9-22(33)10-7-18/h6-11,14,20-21,23,25,28H,2-5,12-13,15-17H2,1H3,(H,35,43)(H,36,41)(H,37,42)/t20-,21-,23-,25-,28-/m0/s1. The Balaban J connectivity index is 1.28. The van der Waals surface area contributed by atoms with Crippen molar-refractivity contribution in [2.24, 2.45) is 17.8 Å². The summed E-state index contributed by atoms with van der Waals surface area (Å²) in [6, 6.07) is 7.71. The van der Waals surface area contributed by atoms with Crippen LogP contribution in [0.4, 0.5) is 8.78 Å². The summed E-state index contributed by atoms with van der Waals surface area (Å²) in [4.78, 5) is 66.3. The fourth-order valence-electron chi connectivity index (χ4n) is 6.61. The van der Waals surface area contributed by atoms with Gasteiger partial charge in [-0.25, -0.2) is 8.78 Å². The number of likely N-dealkylation sites (N-methyl/N-ethyl adjacent to an activating group) is 1. The lowest BCUT2D eigenvalue weighted by atomic mass is 9.91. The highest BCUT2D eigenvalue weighted by Crippen LogP contribution is 2.42. The van der Waals surface area contributed by atoms with E-state index in [2.05, 4.69) is 16.0 Å². The van der Waals surface area contributed by atoms with Crippen molar-refractivity contribution in [3.8, 4) is 16.9 Å². The molecular weight excluding hydrogens is 574 g/mol. The molecule has 2 aliphatic heterocycles. The van der Waals surface area contributed by atoms with Gasteiger partial charge in [0.05, 0.1) is 6.04 Å². The molecule has 0 radical (unpaired) electrons. The predicted octanol–water partition coefficient (Wildman–Crippen LogP) is 2.35. The van der Waals surface area contributed by atoms with Gasteiger partial charge in [-0.2, -0.15) is 0 Å². The first-order chi connectivity index (χ1) is 21.2. The van der Waals surface area contributed by atoms with Crippen molar-refractivity contribution in [1.29, 1.82) is 0 Å². The smallest absolute Gasteiger partial charge is 0.289 e. The van der Waals surface area contributed by atoms with Gasteiger partial charge in [-0.15, -0.1) is 0 Å². The number of ether oxygens (including phenoxy) is 1. The molecule has 10 nitrogen and oxygen atoms in total. The second kappa shape index (κ2) is 13.5. The number of halogens is 2. The van der Waals surface area contributed by atoms with E-state index < -0.39 is 59.7 Å². The number of carbonyl (C=O) groups is 5. The maximum Gasteiger partial charge on any atom is 0.289 e. The maximum atomic E-state index is 14.9. The molecule has 2 saturated heterocycles. The van der Waals surface area contributed by atoms with Crippen molar-refractivity contribution in [1.82, 2.24) is 20.9 Å². The van der Waals surface area contributed by atoms with Crippen molar-refractivity contribution < 1.29 is 37.5 Å². The Hall–Kier alpha value is -4.35. The Morgan fingerprint density at radius 3 is 2.48 bits per heavy atom. The molecule has 1 aliphatic carbocycles. The number of rotatable bonds is 11. The summed E-state index contributed by atoms with van der Waals surface area (Å²) in [6.45, 7) is 2.14. The zero-order valence-electron chi connectivity index (χ0n) is 24.4. The van der Waals surface area contributed by atoms with Gasteiger partial charge >= 0.3 is 0 Å². The number of likely N-dealkylation sites (tertiary alicyclic amines) is 1. The van der Waals surface area contributed by atoms with Gasteiger partial charge in [0.25, 0.3) is 11.8 Å². The monoisotopic (exact) mass is 610 g/mol. The fraction of sp³-hybridized carbons (Fsp3) is 0.469. The van der Waals surface area contributed by atoms with Crippen LogP contribution in [0.25, 0.3) is 11.1 Å². The zero-order chi connectivity index (χ0) is 31.4. The minimum atomic E-state index is -1.23. The van der Waals surface area contributed by atoms with E-state index in [0.29, 0.717) is 37.1 Å². The Labute approximate surface area is 253 Å². The fourth-order valence-corrected chi connectivity index (χ4v) is 6.61. The third-order valence-electron chi connectivity index (χ3n) is 8.82. The van der Waals surface area contributed by atoms with Crippen molar-refractivity contribution in [3.05, 3.63) is 54.1 Å². The van der Waals surface area contributed by atoms with Crippen LogP contribution in [0.3, 0.4) is 0 Å². The van der Waals surface area contributed by atoms with E-state index in [1.54, 1.807) is 13.0 Å². The summed E-state index contributed by atoms with van der Waals surface area (Å²) in [7, 11) is 0. The van der Waals surface area contributed by atoms with E-state index >= 15 is 0 Å². The quantitative estimate of drug-likeness (QED) is 0.335. The molecule has 3 fully saturated rings. The number of benzene rings is 2. The summed E-state index contributed by atoms with van der Waals surface area (Å²) in [5, 5.41) is 7.86. The number of hydrogen-bond donors (Lipinski definition) is 3. The molecule has 3 aliphatic rings. The molecular formula is C32H36F2N4O6. The van der Waals surface area contributed by atoms with Gasteiger partial charge < -0.3 is 25.6 Å². The van der Waals surface area contributed by atoms with Gasteiger partial charge in [0.15, 0.2) is 18.2 Å². The Bertz CT molecular complexity index is 1430. The van der Waals surface area contributed by atoms with E-state index in [4.69, 9.17) is 4.74 Å². The number of amides is 4. The highest BCUT2D eigenvalue weighted by molar-refractivity contribution is 6.38.